The number of H-pyrrole nitrogens is 1. The van der Waals surface area contributed by atoms with Gasteiger partial charge in [0.1, 0.15) is 11.6 Å². The first-order chi connectivity index (χ1) is 13.8. The Morgan fingerprint density at radius 2 is 2.00 bits per heavy atom. The fourth-order valence-electron chi connectivity index (χ4n) is 3.16. The van der Waals surface area contributed by atoms with Crippen molar-refractivity contribution in [3.8, 4) is 17.1 Å². The standard InChI is InChI=1S/C19H25N5O4S/c1-5-8-16-21-12(4)17-19(25)22-18(23-24(16)17)14-11-13(29(26,27)20-6-2)9-10-15(14)28-7-3/h9-11,20H,5-8H2,1-4H3,(H,22,23,25). The lowest BCUT2D eigenvalue weighted by atomic mass is 10.2. The van der Waals surface area contributed by atoms with E-state index in [1.165, 1.54) is 16.6 Å². The quantitative estimate of drug-likeness (QED) is 0.577. The molecular formula is C19H25N5O4S. The van der Waals surface area contributed by atoms with Crippen LogP contribution in [-0.2, 0) is 16.4 Å². The van der Waals surface area contributed by atoms with Crippen molar-refractivity contribution in [2.75, 3.05) is 13.2 Å². The maximum atomic E-state index is 12.7. The molecule has 0 aliphatic heterocycles. The van der Waals surface area contributed by atoms with Gasteiger partial charge >= 0.3 is 0 Å². The van der Waals surface area contributed by atoms with Crippen LogP contribution in [0, 0.1) is 6.92 Å². The molecule has 3 aromatic rings. The summed E-state index contributed by atoms with van der Waals surface area (Å²) in [6.07, 6.45) is 1.51. The zero-order chi connectivity index (χ0) is 21.2. The van der Waals surface area contributed by atoms with E-state index in [9.17, 15) is 13.2 Å². The Bertz CT molecular complexity index is 1200. The van der Waals surface area contributed by atoms with Gasteiger partial charge in [-0.25, -0.2) is 22.6 Å². The summed E-state index contributed by atoms with van der Waals surface area (Å²) in [5, 5.41) is 4.56. The number of benzene rings is 1. The molecule has 1 aromatic carbocycles. The van der Waals surface area contributed by atoms with Crippen molar-refractivity contribution < 1.29 is 13.2 Å². The Labute approximate surface area is 169 Å². The Balaban J connectivity index is 2.27. The normalized spacial score (nSPS) is 11.9. The number of aryl methyl sites for hydroxylation is 2. The lowest BCUT2D eigenvalue weighted by Gasteiger charge is -2.12. The summed E-state index contributed by atoms with van der Waals surface area (Å²) in [5.74, 6) is 1.33. The first kappa shape index (κ1) is 21.0. The van der Waals surface area contributed by atoms with E-state index in [1.54, 1.807) is 19.9 Å². The molecule has 2 N–H and O–H groups in total. The predicted molar refractivity (Wildman–Crippen MR) is 110 cm³/mol. The number of hydrogen-bond donors (Lipinski definition) is 2. The molecule has 0 bridgehead atoms. The summed E-state index contributed by atoms with van der Waals surface area (Å²) in [4.78, 5) is 20.0. The molecule has 0 aliphatic rings. The molecule has 0 aliphatic carbocycles. The number of aromatic nitrogens is 4. The van der Waals surface area contributed by atoms with Gasteiger partial charge < -0.3 is 9.72 Å². The summed E-state index contributed by atoms with van der Waals surface area (Å²) in [6.45, 7) is 7.96. The number of rotatable bonds is 8. The highest BCUT2D eigenvalue weighted by Crippen LogP contribution is 2.30. The van der Waals surface area contributed by atoms with Crippen LogP contribution < -0.4 is 15.0 Å². The van der Waals surface area contributed by atoms with E-state index in [0.29, 0.717) is 41.4 Å². The number of nitrogens with zero attached hydrogens (tertiary/aromatic N) is 3. The fourth-order valence-corrected chi connectivity index (χ4v) is 4.23. The van der Waals surface area contributed by atoms with Crippen molar-refractivity contribution >= 4 is 15.5 Å². The van der Waals surface area contributed by atoms with Crippen molar-refractivity contribution in [2.45, 2.75) is 45.4 Å². The average molecular weight is 420 g/mol. The Morgan fingerprint density at radius 1 is 1.24 bits per heavy atom. The predicted octanol–water partition coefficient (Wildman–Crippen LogP) is 2.04. The number of nitrogens with one attached hydrogen (secondary N) is 2. The molecule has 2 aromatic heterocycles. The second kappa shape index (κ2) is 8.34. The zero-order valence-corrected chi connectivity index (χ0v) is 17.8. The number of imidazole rings is 1. The topological polar surface area (TPSA) is 118 Å². The average Bonchev–Trinajstić information content (AvgIpc) is 2.98. The van der Waals surface area contributed by atoms with Gasteiger partial charge in [-0.3, -0.25) is 4.79 Å². The lowest BCUT2D eigenvalue weighted by molar-refractivity contribution is 0.341. The zero-order valence-electron chi connectivity index (χ0n) is 16.9. The molecule has 0 saturated carbocycles. The van der Waals surface area contributed by atoms with Crippen LogP contribution in [0.15, 0.2) is 27.9 Å². The molecule has 156 valence electrons. The van der Waals surface area contributed by atoms with Gasteiger partial charge in [-0.2, -0.15) is 0 Å². The third kappa shape index (κ3) is 4.03. The summed E-state index contributed by atoms with van der Waals surface area (Å²) in [6, 6.07) is 4.49. The number of hydrogen-bond acceptors (Lipinski definition) is 6. The number of ether oxygens (including phenoxy) is 1. The van der Waals surface area contributed by atoms with Crippen molar-refractivity contribution in [2.24, 2.45) is 0 Å². The summed E-state index contributed by atoms with van der Waals surface area (Å²) >= 11 is 0. The van der Waals surface area contributed by atoms with Gasteiger partial charge in [0.2, 0.25) is 10.0 Å². The van der Waals surface area contributed by atoms with Crippen molar-refractivity contribution in [1.82, 2.24) is 24.3 Å². The molecule has 3 rings (SSSR count). The molecule has 9 nitrogen and oxygen atoms in total. The van der Waals surface area contributed by atoms with Crippen molar-refractivity contribution in [1.29, 1.82) is 0 Å². The van der Waals surface area contributed by atoms with Crippen LogP contribution in [0.25, 0.3) is 16.9 Å². The van der Waals surface area contributed by atoms with E-state index in [0.717, 1.165) is 6.42 Å². The van der Waals surface area contributed by atoms with Gasteiger partial charge in [0.05, 0.1) is 22.8 Å². The third-order valence-electron chi connectivity index (χ3n) is 4.37. The highest BCUT2D eigenvalue weighted by molar-refractivity contribution is 7.89. The van der Waals surface area contributed by atoms with Crippen LogP contribution in [0.3, 0.4) is 0 Å². The minimum Gasteiger partial charge on any atom is -0.493 e. The van der Waals surface area contributed by atoms with Crippen LogP contribution in [0.2, 0.25) is 0 Å². The van der Waals surface area contributed by atoms with E-state index >= 15 is 0 Å². The SMILES string of the molecule is CCCc1nc(C)c2c(=O)[nH]c(-c3cc(S(=O)(=O)NCC)ccc3OCC)nn12. The molecule has 0 amide bonds. The summed E-state index contributed by atoms with van der Waals surface area (Å²) < 4.78 is 34.5. The maximum absolute atomic E-state index is 12.7. The van der Waals surface area contributed by atoms with Gasteiger partial charge in [0.15, 0.2) is 11.3 Å². The van der Waals surface area contributed by atoms with E-state index in [1.807, 2.05) is 13.8 Å². The fraction of sp³-hybridized carbons (Fsp3) is 0.421. The van der Waals surface area contributed by atoms with Gasteiger partial charge in [0, 0.05) is 13.0 Å². The van der Waals surface area contributed by atoms with Gasteiger partial charge in [0.25, 0.3) is 5.56 Å². The van der Waals surface area contributed by atoms with Crippen LogP contribution in [0.5, 0.6) is 5.75 Å². The van der Waals surface area contributed by atoms with E-state index in [-0.39, 0.29) is 22.8 Å². The molecule has 0 unspecified atom stereocenters. The molecular weight excluding hydrogens is 394 g/mol. The Hall–Kier alpha value is -2.72. The number of sulfonamides is 1. The Morgan fingerprint density at radius 3 is 2.66 bits per heavy atom. The van der Waals surface area contributed by atoms with Crippen LogP contribution in [0.1, 0.15) is 38.7 Å². The van der Waals surface area contributed by atoms with Crippen LogP contribution >= 0.6 is 0 Å². The molecule has 0 atom stereocenters. The molecule has 29 heavy (non-hydrogen) atoms. The number of aromatic amines is 1. The van der Waals surface area contributed by atoms with Crippen molar-refractivity contribution in [3.05, 3.63) is 40.1 Å². The van der Waals surface area contributed by atoms with Crippen molar-refractivity contribution in [3.63, 3.8) is 0 Å². The monoisotopic (exact) mass is 419 g/mol. The molecule has 2 heterocycles. The van der Waals surface area contributed by atoms with E-state index < -0.39 is 10.0 Å². The van der Waals surface area contributed by atoms with Gasteiger partial charge in [-0.1, -0.05) is 13.8 Å². The molecule has 0 radical (unpaired) electrons. The van der Waals surface area contributed by atoms with Crippen LogP contribution in [-0.4, -0.2) is 41.2 Å². The third-order valence-corrected chi connectivity index (χ3v) is 5.91. The molecule has 0 saturated heterocycles. The lowest BCUT2D eigenvalue weighted by Crippen LogP contribution is -2.23. The van der Waals surface area contributed by atoms with Crippen LogP contribution in [0.4, 0.5) is 0 Å². The molecule has 10 heteroatoms. The first-order valence-corrected chi connectivity index (χ1v) is 11.1. The number of fused-ring (bicyclic) bond motifs is 1. The van der Waals surface area contributed by atoms with Gasteiger partial charge in [-0.15, -0.1) is 5.10 Å². The molecule has 0 fully saturated rings. The first-order valence-electron chi connectivity index (χ1n) is 9.57. The van der Waals surface area contributed by atoms with E-state index in [2.05, 4.69) is 19.8 Å². The largest absolute Gasteiger partial charge is 0.493 e. The minimum absolute atomic E-state index is 0.0659. The second-order valence-electron chi connectivity index (χ2n) is 6.52. The molecule has 0 spiro atoms. The minimum atomic E-state index is -3.68. The highest BCUT2D eigenvalue weighted by atomic mass is 32.2. The maximum Gasteiger partial charge on any atom is 0.277 e. The second-order valence-corrected chi connectivity index (χ2v) is 8.29. The van der Waals surface area contributed by atoms with Gasteiger partial charge in [-0.05, 0) is 38.5 Å². The summed E-state index contributed by atoms with van der Waals surface area (Å²) in [5.41, 5.74) is 1.03. The highest BCUT2D eigenvalue weighted by Gasteiger charge is 2.20. The van der Waals surface area contributed by atoms with E-state index in [4.69, 9.17) is 4.74 Å². The smallest absolute Gasteiger partial charge is 0.277 e. The summed E-state index contributed by atoms with van der Waals surface area (Å²) in [7, 11) is -3.68. The Kier molecular flexibility index (Phi) is 6.04.